The van der Waals surface area contributed by atoms with Crippen LogP contribution < -0.4 is 0 Å². The minimum Gasteiger partial charge on any atom is -0.477 e. The number of hydrogen-bond donors (Lipinski definition) is 1. The van der Waals surface area contributed by atoms with Gasteiger partial charge >= 0.3 is 5.97 Å². The first-order valence-electron chi connectivity index (χ1n) is 5.10. The summed E-state index contributed by atoms with van der Waals surface area (Å²) >= 11 is 2.44. The number of hydrogen-bond acceptors (Lipinski definition) is 5. The van der Waals surface area contributed by atoms with Crippen molar-refractivity contribution in [1.29, 1.82) is 5.26 Å². The van der Waals surface area contributed by atoms with Crippen LogP contribution in [0.4, 0.5) is 0 Å². The highest BCUT2D eigenvalue weighted by molar-refractivity contribution is 8.00. The van der Waals surface area contributed by atoms with Gasteiger partial charge in [0, 0.05) is 23.9 Å². The van der Waals surface area contributed by atoms with Gasteiger partial charge in [-0.2, -0.15) is 5.26 Å². The van der Waals surface area contributed by atoms with Crippen molar-refractivity contribution >= 4 is 35.0 Å². The Balaban J connectivity index is 2.42. The highest BCUT2D eigenvalue weighted by Crippen LogP contribution is 2.24. The molecule has 0 spiro atoms. The summed E-state index contributed by atoms with van der Waals surface area (Å²) in [5, 5.41) is 18.9. The van der Waals surface area contributed by atoms with E-state index in [2.05, 4.69) is 0 Å². The summed E-state index contributed by atoms with van der Waals surface area (Å²) in [5.41, 5.74) is 0. The second kappa shape index (κ2) is 7.03. The number of nitriles is 1. The number of amides is 1. The molecule has 0 saturated carbocycles. The predicted octanol–water partition coefficient (Wildman–Crippen LogP) is 1.91. The summed E-state index contributed by atoms with van der Waals surface area (Å²) < 4.78 is 0. The lowest BCUT2D eigenvalue weighted by molar-refractivity contribution is -0.127. The Hall–Kier alpha value is -1.52. The van der Waals surface area contributed by atoms with Gasteiger partial charge in [0.2, 0.25) is 5.91 Å². The first-order valence-corrected chi connectivity index (χ1v) is 6.96. The normalized spacial score (nSPS) is 9.78. The largest absolute Gasteiger partial charge is 0.477 e. The summed E-state index contributed by atoms with van der Waals surface area (Å²) in [7, 11) is 1.65. The molecular weight excluding hydrogens is 272 g/mol. The van der Waals surface area contributed by atoms with Gasteiger partial charge < -0.3 is 10.0 Å². The molecule has 1 amide bonds. The third-order valence-corrected chi connectivity index (χ3v) is 4.16. The minimum atomic E-state index is -0.954. The summed E-state index contributed by atoms with van der Waals surface area (Å²) in [5.74, 6) is -0.778. The maximum atomic E-state index is 11.6. The van der Waals surface area contributed by atoms with Crippen LogP contribution in [0.5, 0.6) is 0 Å². The number of thiophene rings is 1. The molecule has 1 heterocycles. The molecule has 0 radical (unpaired) electrons. The molecule has 0 bridgehead atoms. The number of aromatic carboxylic acids is 1. The SMILES string of the molecule is CN(CCC#N)C(=O)CSc1csc(C(=O)O)c1. The van der Waals surface area contributed by atoms with Crippen molar-refractivity contribution < 1.29 is 14.7 Å². The Kier molecular flexibility index (Phi) is 5.68. The van der Waals surface area contributed by atoms with E-state index in [-0.39, 0.29) is 16.5 Å². The van der Waals surface area contributed by atoms with E-state index in [1.807, 2.05) is 6.07 Å². The Labute approximate surface area is 113 Å². The molecule has 7 heteroatoms. The Morgan fingerprint density at radius 1 is 1.61 bits per heavy atom. The third-order valence-electron chi connectivity index (χ3n) is 2.13. The molecule has 0 aromatic carbocycles. The molecule has 1 rings (SSSR count). The Morgan fingerprint density at radius 3 is 2.89 bits per heavy atom. The molecule has 1 aromatic heterocycles. The van der Waals surface area contributed by atoms with E-state index < -0.39 is 5.97 Å². The van der Waals surface area contributed by atoms with E-state index in [1.165, 1.54) is 16.7 Å². The van der Waals surface area contributed by atoms with Crippen molar-refractivity contribution in [3.63, 3.8) is 0 Å². The Morgan fingerprint density at radius 2 is 2.33 bits per heavy atom. The molecule has 0 saturated heterocycles. The number of carbonyl (C=O) groups is 2. The van der Waals surface area contributed by atoms with Crippen molar-refractivity contribution in [3.05, 3.63) is 16.3 Å². The van der Waals surface area contributed by atoms with Crippen LogP contribution in [0.3, 0.4) is 0 Å². The third kappa shape index (κ3) is 4.39. The fourth-order valence-electron chi connectivity index (χ4n) is 1.10. The molecule has 18 heavy (non-hydrogen) atoms. The summed E-state index contributed by atoms with van der Waals surface area (Å²) in [6.07, 6.45) is 0.314. The molecule has 96 valence electrons. The van der Waals surface area contributed by atoms with E-state index in [4.69, 9.17) is 10.4 Å². The average molecular weight is 284 g/mol. The molecule has 5 nitrogen and oxygen atoms in total. The van der Waals surface area contributed by atoms with Crippen LogP contribution in [0.15, 0.2) is 16.3 Å². The van der Waals surface area contributed by atoms with Crippen molar-refractivity contribution in [2.24, 2.45) is 0 Å². The van der Waals surface area contributed by atoms with Gasteiger partial charge in [-0.1, -0.05) is 0 Å². The maximum Gasteiger partial charge on any atom is 0.345 e. The van der Waals surface area contributed by atoms with Gasteiger partial charge in [0.15, 0.2) is 0 Å². The molecule has 0 atom stereocenters. The summed E-state index contributed by atoms with van der Waals surface area (Å²) in [4.78, 5) is 24.9. The van der Waals surface area contributed by atoms with Gasteiger partial charge in [-0.05, 0) is 6.07 Å². The monoisotopic (exact) mass is 284 g/mol. The highest BCUT2D eigenvalue weighted by atomic mass is 32.2. The van der Waals surface area contributed by atoms with Crippen LogP contribution >= 0.6 is 23.1 Å². The number of thioether (sulfide) groups is 1. The smallest absolute Gasteiger partial charge is 0.345 e. The zero-order valence-electron chi connectivity index (χ0n) is 9.75. The van der Waals surface area contributed by atoms with Crippen molar-refractivity contribution in [3.8, 4) is 6.07 Å². The van der Waals surface area contributed by atoms with Gasteiger partial charge in [0.25, 0.3) is 0 Å². The second-order valence-electron chi connectivity index (χ2n) is 3.46. The number of nitrogens with zero attached hydrogens (tertiary/aromatic N) is 2. The first kappa shape index (κ1) is 14.5. The number of carbonyl (C=O) groups excluding carboxylic acids is 1. The second-order valence-corrected chi connectivity index (χ2v) is 5.42. The van der Waals surface area contributed by atoms with Crippen LogP contribution in [0.2, 0.25) is 0 Å². The van der Waals surface area contributed by atoms with Crippen molar-refractivity contribution in [2.45, 2.75) is 11.3 Å². The summed E-state index contributed by atoms with van der Waals surface area (Å²) in [6.45, 7) is 0.417. The molecule has 0 fully saturated rings. The van der Waals surface area contributed by atoms with Gasteiger partial charge in [-0.15, -0.1) is 23.1 Å². The minimum absolute atomic E-state index is 0.0710. The standard InChI is InChI=1S/C11H12N2O3S2/c1-13(4-2-3-12)10(14)7-17-8-5-9(11(15)16)18-6-8/h5-6H,2,4,7H2,1H3,(H,15,16). The molecule has 0 aliphatic carbocycles. The maximum absolute atomic E-state index is 11.6. The topological polar surface area (TPSA) is 81.4 Å². The van der Waals surface area contributed by atoms with Crippen molar-refractivity contribution in [2.75, 3.05) is 19.3 Å². The van der Waals surface area contributed by atoms with E-state index in [1.54, 1.807) is 18.5 Å². The van der Waals surface area contributed by atoms with Crippen molar-refractivity contribution in [1.82, 2.24) is 4.90 Å². The average Bonchev–Trinajstić information content (AvgIpc) is 2.81. The zero-order valence-corrected chi connectivity index (χ0v) is 11.4. The Bertz CT molecular complexity index is 479. The molecule has 1 aromatic rings. The highest BCUT2D eigenvalue weighted by Gasteiger charge is 2.11. The van der Waals surface area contributed by atoms with Gasteiger partial charge in [-0.3, -0.25) is 4.79 Å². The fourth-order valence-corrected chi connectivity index (χ4v) is 2.91. The predicted molar refractivity (Wildman–Crippen MR) is 69.9 cm³/mol. The van der Waals surface area contributed by atoms with Crippen LogP contribution in [0.25, 0.3) is 0 Å². The molecule has 0 aliphatic heterocycles. The zero-order chi connectivity index (χ0) is 13.5. The van der Waals surface area contributed by atoms with E-state index in [9.17, 15) is 9.59 Å². The fraction of sp³-hybridized carbons (Fsp3) is 0.364. The van der Waals surface area contributed by atoms with Gasteiger partial charge in [-0.25, -0.2) is 4.79 Å². The molecule has 1 N–H and O–H groups in total. The molecule has 0 unspecified atom stereocenters. The molecule has 0 aliphatic rings. The van der Waals surface area contributed by atoms with Gasteiger partial charge in [0.05, 0.1) is 18.2 Å². The van der Waals surface area contributed by atoms with Crippen LogP contribution in [0, 0.1) is 11.3 Å². The number of rotatable bonds is 6. The lowest BCUT2D eigenvalue weighted by Crippen LogP contribution is -2.29. The quantitative estimate of drug-likeness (QED) is 0.807. The summed E-state index contributed by atoms with van der Waals surface area (Å²) in [6, 6.07) is 3.53. The van der Waals surface area contributed by atoms with E-state index >= 15 is 0 Å². The first-order chi connectivity index (χ1) is 8.54. The molecular formula is C11H12N2O3S2. The lowest BCUT2D eigenvalue weighted by atomic mass is 10.4. The van der Waals surface area contributed by atoms with E-state index in [0.717, 1.165) is 16.2 Å². The van der Waals surface area contributed by atoms with Crippen LogP contribution in [0.1, 0.15) is 16.1 Å². The van der Waals surface area contributed by atoms with E-state index in [0.29, 0.717) is 13.0 Å². The number of carboxylic acids is 1. The number of carboxylic acid groups (broad SMARTS) is 1. The lowest BCUT2D eigenvalue weighted by Gasteiger charge is -2.14. The van der Waals surface area contributed by atoms with Gasteiger partial charge in [0.1, 0.15) is 4.88 Å². The van der Waals surface area contributed by atoms with Crippen LogP contribution in [-0.2, 0) is 4.79 Å². The van der Waals surface area contributed by atoms with Crippen LogP contribution in [-0.4, -0.2) is 41.2 Å².